The third kappa shape index (κ3) is 2.86. The fourth-order valence-electron chi connectivity index (χ4n) is 3.60. The predicted molar refractivity (Wildman–Crippen MR) is 91.2 cm³/mol. The van der Waals surface area contributed by atoms with E-state index in [9.17, 15) is 14.0 Å². The fourth-order valence-corrected chi connectivity index (χ4v) is 3.60. The zero-order valence-corrected chi connectivity index (χ0v) is 14.4. The van der Waals surface area contributed by atoms with Gasteiger partial charge in [0.05, 0.1) is 13.1 Å². The van der Waals surface area contributed by atoms with Crippen LogP contribution in [0.1, 0.15) is 16.9 Å². The second-order valence-corrected chi connectivity index (χ2v) is 6.75. The summed E-state index contributed by atoms with van der Waals surface area (Å²) >= 11 is 0. The summed E-state index contributed by atoms with van der Waals surface area (Å²) in [4.78, 5) is 28.2. The lowest BCUT2D eigenvalue weighted by molar-refractivity contribution is -0.137. The largest absolute Gasteiger partial charge is 0.361 e. The van der Waals surface area contributed by atoms with Crippen LogP contribution in [0.5, 0.6) is 0 Å². The first-order chi connectivity index (χ1) is 12.5. The van der Waals surface area contributed by atoms with Gasteiger partial charge < -0.3 is 14.5 Å². The van der Waals surface area contributed by atoms with Crippen molar-refractivity contribution in [3.8, 4) is 0 Å². The summed E-state index contributed by atoms with van der Waals surface area (Å²) in [6.07, 6.45) is 2.20. The van der Waals surface area contributed by atoms with E-state index in [2.05, 4.69) is 5.10 Å². The van der Waals surface area contributed by atoms with Gasteiger partial charge in [-0.2, -0.15) is 5.10 Å². The van der Waals surface area contributed by atoms with Crippen LogP contribution >= 0.6 is 0 Å². The molecule has 0 bridgehead atoms. The highest BCUT2D eigenvalue weighted by molar-refractivity contribution is 5.95. The van der Waals surface area contributed by atoms with Crippen LogP contribution in [0.3, 0.4) is 0 Å². The van der Waals surface area contributed by atoms with Crippen molar-refractivity contribution in [2.45, 2.75) is 12.0 Å². The molecule has 2 amide bonds. The Morgan fingerprint density at radius 3 is 2.88 bits per heavy atom. The Kier molecular flexibility index (Phi) is 3.99. The molecule has 0 N–H and O–H groups in total. The van der Waals surface area contributed by atoms with Gasteiger partial charge in [-0.25, -0.2) is 4.39 Å². The highest BCUT2D eigenvalue weighted by Crippen LogP contribution is 2.32. The van der Waals surface area contributed by atoms with E-state index in [0.717, 1.165) is 0 Å². The van der Waals surface area contributed by atoms with Gasteiger partial charge in [-0.1, -0.05) is 6.07 Å². The van der Waals surface area contributed by atoms with Gasteiger partial charge in [0, 0.05) is 25.5 Å². The number of benzene rings is 1. The van der Waals surface area contributed by atoms with Gasteiger partial charge in [-0.3, -0.25) is 14.3 Å². The van der Waals surface area contributed by atoms with Gasteiger partial charge in [-0.05, 0) is 30.7 Å². The van der Waals surface area contributed by atoms with Crippen molar-refractivity contribution in [1.29, 1.82) is 0 Å². The average molecular weight is 358 g/mol. The quantitative estimate of drug-likeness (QED) is 0.809. The normalized spacial score (nSPS) is 23.1. The molecule has 8 heteroatoms. The van der Waals surface area contributed by atoms with Gasteiger partial charge in [0.2, 0.25) is 0 Å². The van der Waals surface area contributed by atoms with Crippen molar-refractivity contribution >= 4 is 17.5 Å². The number of anilines is 1. The maximum absolute atomic E-state index is 13.6. The number of morpholine rings is 1. The van der Waals surface area contributed by atoms with E-state index in [1.54, 1.807) is 41.2 Å². The number of carbonyl (C=O) groups is 2. The number of likely N-dealkylation sites (tertiary alicyclic amines) is 1. The van der Waals surface area contributed by atoms with Gasteiger partial charge in [-0.15, -0.1) is 0 Å². The molecule has 0 saturated carbocycles. The molecule has 1 atom stereocenters. The van der Waals surface area contributed by atoms with Crippen LogP contribution in [0.2, 0.25) is 0 Å². The number of nitrogens with zero attached hydrogens (tertiary/aromatic N) is 4. The lowest BCUT2D eigenvalue weighted by Crippen LogP contribution is -2.56. The number of hydrogen-bond acceptors (Lipinski definition) is 4. The monoisotopic (exact) mass is 358 g/mol. The molecule has 7 nitrogen and oxygen atoms in total. The van der Waals surface area contributed by atoms with Crippen molar-refractivity contribution in [2.75, 3.05) is 31.1 Å². The van der Waals surface area contributed by atoms with Crippen molar-refractivity contribution in [3.05, 3.63) is 48.0 Å². The summed E-state index contributed by atoms with van der Waals surface area (Å²) in [7, 11) is 1.72. The number of rotatable bonds is 2. The highest BCUT2D eigenvalue weighted by atomic mass is 19.1. The van der Waals surface area contributed by atoms with E-state index in [0.29, 0.717) is 37.4 Å². The third-order valence-electron chi connectivity index (χ3n) is 5.01. The molecule has 3 heterocycles. The van der Waals surface area contributed by atoms with E-state index >= 15 is 0 Å². The molecular weight excluding hydrogens is 339 g/mol. The number of aromatic nitrogens is 2. The molecule has 2 aliphatic heterocycles. The second-order valence-electron chi connectivity index (χ2n) is 6.75. The molecule has 4 rings (SSSR count). The number of carbonyl (C=O) groups excluding carboxylic acids is 2. The Hall–Kier alpha value is -2.74. The summed E-state index contributed by atoms with van der Waals surface area (Å²) in [6.45, 7) is 1.14. The summed E-state index contributed by atoms with van der Waals surface area (Å²) in [5, 5.41) is 4.03. The van der Waals surface area contributed by atoms with E-state index in [1.807, 2.05) is 0 Å². The molecular formula is C18H19FN4O3. The van der Waals surface area contributed by atoms with E-state index in [4.69, 9.17) is 4.74 Å². The predicted octanol–water partition coefficient (Wildman–Crippen LogP) is 1.21. The maximum atomic E-state index is 13.6. The Balaban J connectivity index is 1.53. The minimum Gasteiger partial charge on any atom is -0.361 e. The van der Waals surface area contributed by atoms with Crippen LogP contribution in [-0.2, 0) is 16.6 Å². The van der Waals surface area contributed by atoms with Crippen LogP contribution in [-0.4, -0.2) is 58.3 Å². The minimum atomic E-state index is -0.630. The van der Waals surface area contributed by atoms with Crippen molar-refractivity contribution < 1.29 is 18.7 Å². The summed E-state index contributed by atoms with van der Waals surface area (Å²) in [5.74, 6) is -0.715. The van der Waals surface area contributed by atoms with Crippen LogP contribution < -0.4 is 4.90 Å². The van der Waals surface area contributed by atoms with E-state index in [-0.39, 0.29) is 18.4 Å². The molecule has 2 saturated heterocycles. The Morgan fingerprint density at radius 1 is 1.31 bits per heavy atom. The Morgan fingerprint density at radius 2 is 2.15 bits per heavy atom. The molecule has 2 aliphatic rings. The number of ether oxygens (including phenoxy) is 1. The first-order valence-corrected chi connectivity index (χ1v) is 8.45. The lowest BCUT2D eigenvalue weighted by Gasteiger charge is -2.40. The van der Waals surface area contributed by atoms with Gasteiger partial charge >= 0.3 is 0 Å². The van der Waals surface area contributed by atoms with Gasteiger partial charge in [0.1, 0.15) is 23.7 Å². The Bertz CT molecular complexity index is 868. The number of hydrogen-bond donors (Lipinski definition) is 0. The van der Waals surface area contributed by atoms with Crippen LogP contribution in [0.15, 0.2) is 36.5 Å². The summed E-state index contributed by atoms with van der Waals surface area (Å²) in [6, 6.07) is 7.64. The molecule has 1 unspecified atom stereocenters. The molecule has 2 aromatic rings. The highest BCUT2D eigenvalue weighted by Gasteiger charge is 2.47. The van der Waals surface area contributed by atoms with Crippen molar-refractivity contribution in [1.82, 2.24) is 14.7 Å². The van der Waals surface area contributed by atoms with Crippen LogP contribution in [0.25, 0.3) is 0 Å². The Labute approximate surface area is 149 Å². The average Bonchev–Trinajstić information content (AvgIpc) is 3.24. The molecule has 0 aliphatic carbocycles. The summed E-state index contributed by atoms with van der Waals surface area (Å²) < 4.78 is 20.9. The standard InChI is InChI=1S/C18H19FN4O3/c1-21-15(5-7-20-21)17(25)22-8-6-18(11-22)12-23(16(24)10-26-18)14-4-2-3-13(19)9-14/h2-5,7,9H,6,8,10-12H2,1H3. The molecule has 1 aromatic carbocycles. The minimum absolute atomic E-state index is 0.0791. The number of halogens is 1. The molecule has 1 aromatic heterocycles. The summed E-state index contributed by atoms with van der Waals surface area (Å²) in [5.41, 5.74) is 0.388. The van der Waals surface area contributed by atoms with Gasteiger partial charge in [0.15, 0.2) is 0 Å². The fraction of sp³-hybridized carbons (Fsp3) is 0.389. The van der Waals surface area contributed by atoms with E-state index in [1.165, 1.54) is 16.8 Å². The number of amides is 2. The smallest absolute Gasteiger partial charge is 0.272 e. The zero-order chi connectivity index (χ0) is 18.3. The first kappa shape index (κ1) is 16.7. The number of aryl methyl sites for hydroxylation is 1. The third-order valence-corrected chi connectivity index (χ3v) is 5.01. The van der Waals surface area contributed by atoms with Crippen LogP contribution in [0, 0.1) is 5.82 Å². The van der Waals surface area contributed by atoms with Crippen molar-refractivity contribution in [2.24, 2.45) is 7.05 Å². The van der Waals surface area contributed by atoms with E-state index < -0.39 is 11.4 Å². The van der Waals surface area contributed by atoms with Crippen LogP contribution in [0.4, 0.5) is 10.1 Å². The molecule has 2 fully saturated rings. The molecule has 26 heavy (non-hydrogen) atoms. The molecule has 0 radical (unpaired) electrons. The maximum Gasteiger partial charge on any atom is 0.272 e. The second kappa shape index (κ2) is 6.21. The SMILES string of the molecule is Cn1nccc1C(=O)N1CCC2(C1)CN(c1cccc(F)c1)C(=O)CO2. The zero-order valence-electron chi connectivity index (χ0n) is 14.4. The topological polar surface area (TPSA) is 67.7 Å². The lowest BCUT2D eigenvalue weighted by atomic mass is 10.00. The molecule has 136 valence electrons. The van der Waals surface area contributed by atoms with Crippen molar-refractivity contribution in [3.63, 3.8) is 0 Å². The first-order valence-electron chi connectivity index (χ1n) is 8.45. The molecule has 1 spiro atoms. The van der Waals surface area contributed by atoms with Gasteiger partial charge in [0.25, 0.3) is 11.8 Å².